The molecular formula is C15H17ClFNO3. The monoisotopic (exact) mass is 313 g/mol. The minimum absolute atomic E-state index is 0.0885. The summed E-state index contributed by atoms with van der Waals surface area (Å²) >= 11 is 6.14. The molecule has 0 radical (unpaired) electrons. The number of amides is 1. The van der Waals surface area contributed by atoms with E-state index in [9.17, 15) is 14.0 Å². The summed E-state index contributed by atoms with van der Waals surface area (Å²) in [6.07, 6.45) is -0.189. The molecule has 1 heterocycles. The second-order valence-electron chi connectivity index (χ2n) is 5.64. The molecule has 114 valence electrons. The first-order valence-electron chi connectivity index (χ1n) is 6.75. The lowest BCUT2D eigenvalue weighted by atomic mass is 10.0. The number of carboxylic acid groups (broad SMARTS) is 1. The molecule has 1 amide bonds. The normalized spacial score (nSPS) is 21.9. The van der Waals surface area contributed by atoms with Crippen LogP contribution in [0, 0.1) is 0 Å². The van der Waals surface area contributed by atoms with E-state index < -0.39 is 24.1 Å². The Morgan fingerprint density at radius 2 is 2.10 bits per heavy atom. The first kappa shape index (κ1) is 15.8. The molecule has 1 aliphatic heterocycles. The molecule has 1 saturated heterocycles. The number of carboxylic acids is 1. The molecule has 2 rings (SSSR count). The highest BCUT2D eigenvalue weighted by atomic mass is 35.5. The summed E-state index contributed by atoms with van der Waals surface area (Å²) in [5.41, 5.74) is -1.07. The van der Waals surface area contributed by atoms with E-state index in [4.69, 9.17) is 16.7 Å². The molecule has 6 heteroatoms. The number of carbonyl (C=O) groups excluding carboxylic acids is 1. The van der Waals surface area contributed by atoms with Gasteiger partial charge in [0.15, 0.2) is 0 Å². The van der Waals surface area contributed by atoms with Gasteiger partial charge in [0.25, 0.3) is 5.91 Å². The number of benzene rings is 1. The van der Waals surface area contributed by atoms with Crippen molar-refractivity contribution in [1.29, 1.82) is 0 Å². The number of halogens is 2. The predicted molar refractivity (Wildman–Crippen MR) is 77.5 cm³/mol. The molecule has 21 heavy (non-hydrogen) atoms. The van der Waals surface area contributed by atoms with Crippen LogP contribution in [0.15, 0.2) is 18.2 Å². The number of nitrogens with zero attached hydrogens (tertiary/aromatic N) is 1. The lowest BCUT2D eigenvalue weighted by molar-refractivity contribution is -0.149. The van der Waals surface area contributed by atoms with Crippen molar-refractivity contribution in [3.05, 3.63) is 34.3 Å². The first-order chi connectivity index (χ1) is 9.74. The Labute approximate surface area is 127 Å². The first-order valence-corrected chi connectivity index (χ1v) is 7.13. The van der Waals surface area contributed by atoms with Gasteiger partial charge in [-0.05, 0) is 23.6 Å². The number of likely N-dealkylation sites (tertiary alicyclic amines) is 1. The number of rotatable bonds is 3. The van der Waals surface area contributed by atoms with Crippen molar-refractivity contribution in [2.75, 3.05) is 13.1 Å². The smallest absolute Gasteiger partial charge is 0.343 e. The lowest BCUT2D eigenvalue weighted by Crippen LogP contribution is -2.38. The summed E-state index contributed by atoms with van der Waals surface area (Å²) < 4.78 is 14.0. The van der Waals surface area contributed by atoms with Gasteiger partial charge >= 0.3 is 5.97 Å². The highest BCUT2D eigenvalue weighted by Gasteiger charge is 2.47. The molecule has 1 unspecified atom stereocenters. The van der Waals surface area contributed by atoms with Crippen molar-refractivity contribution in [3.63, 3.8) is 0 Å². The molecule has 1 N–H and O–H groups in total. The average Bonchev–Trinajstić information content (AvgIpc) is 2.81. The zero-order valence-corrected chi connectivity index (χ0v) is 12.7. The highest BCUT2D eigenvalue weighted by Crippen LogP contribution is 2.29. The largest absolute Gasteiger partial charge is 0.479 e. The van der Waals surface area contributed by atoms with Gasteiger partial charge in [-0.25, -0.2) is 9.18 Å². The lowest BCUT2D eigenvalue weighted by Gasteiger charge is -2.18. The molecule has 0 aliphatic carbocycles. The fourth-order valence-electron chi connectivity index (χ4n) is 2.43. The number of alkyl halides is 1. The van der Waals surface area contributed by atoms with Crippen LogP contribution in [0.3, 0.4) is 0 Å². The van der Waals surface area contributed by atoms with Gasteiger partial charge in [-0.2, -0.15) is 0 Å². The zero-order chi connectivity index (χ0) is 15.8. The van der Waals surface area contributed by atoms with Crippen molar-refractivity contribution >= 4 is 23.5 Å². The Morgan fingerprint density at radius 3 is 2.57 bits per heavy atom. The fourth-order valence-corrected chi connectivity index (χ4v) is 2.83. The van der Waals surface area contributed by atoms with E-state index >= 15 is 0 Å². The number of carbonyl (C=O) groups is 2. The highest BCUT2D eigenvalue weighted by molar-refractivity contribution is 6.31. The Morgan fingerprint density at radius 1 is 1.43 bits per heavy atom. The number of hydrogen-bond donors (Lipinski definition) is 1. The van der Waals surface area contributed by atoms with Crippen LogP contribution in [0.2, 0.25) is 5.02 Å². The number of hydrogen-bond acceptors (Lipinski definition) is 2. The van der Waals surface area contributed by atoms with Crippen molar-refractivity contribution < 1.29 is 19.1 Å². The minimum Gasteiger partial charge on any atom is -0.479 e. The molecule has 0 saturated carbocycles. The Balaban J connectivity index is 2.19. The predicted octanol–water partition coefficient (Wildman–Crippen LogP) is 3.10. The maximum Gasteiger partial charge on any atom is 0.343 e. The van der Waals surface area contributed by atoms with E-state index in [-0.39, 0.29) is 18.9 Å². The van der Waals surface area contributed by atoms with Crippen molar-refractivity contribution in [3.8, 4) is 0 Å². The van der Waals surface area contributed by atoms with Gasteiger partial charge in [0, 0.05) is 23.6 Å². The Kier molecular flexibility index (Phi) is 4.23. The van der Waals surface area contributed by atoms with Gasteiger partial charge in [0.2, 0.25) is 5.67 Å². The van der Waals surface area contributed by atoms with E-state index in [2.05, 4.69) is 0 Å². The molecule has 0 aromatic heterocycles. The van der Waals surface area contributed by atoms with Crippen LogP contribution in [0.1, 0.15) is 42.1 Å². The molecule has 0 bridgehead atoms. The van der Waals surface area contributed by atoms with Gasteiger partial charge in [-0.1, -0.05) is 31.5 Å². The Bertz CT molecular complexity index is 590. The molecule has 1 atom stereocenters. The summed E-state index contributed by atoms with van der Waals surface area (Å²) in [5, 5.41) is 9.34. The maximum absolute atomic E-state index is 14.0. The summed E-state index contributed by atoms with van der Waals surface area (Å²) in [4.78, 5) is 24.4. The van der Waals surface area contributed by atoms with Crippen LogP contribution in [0.4, 0.5) is 4.39 Å². The Hall–Kier alpha value is -1.62. The summed E-state index contributed by atoms with van der Waals surface area (Å²) in [7, 11) is 0. The number of aliphatic carboxylic acids is 1. The molecule has 1 fully saturated rings. The van der Waals surface area contributed by atoms with Gasteiger partial charge < -0.3 is 10.0 Å². The van der Waals surface area contributed by atoms with E-state index in [0.717, 1.165) is 5.56 Å². The third-order valence-corrected chi connectivity index (χ3v) is 4.09. The van der Waals surface area contributed by atoms with Crippen LogP contribution < -0.4 is 0 Å². The maximum atomic E-state index is 14.0. The molecule has 1 aromatic carbocycles. The zero-order valence-electron chi connectivity index (χ0n) is 11.9. The summed E-state index contributed by atoms with van der Waals surface area (Å²) in [5.74, 6) is -1.68. The van der Waals surface area contributed by atoms with Crippen molar-refractivity contribution in [1.82, 2.24) is 4.90 Å². The van der Waals surface area contributed by atoms with Crippen LogP contribution in [-0.2, 0) is 4.79 Å². The van der Waals surface area contributed by atoms with Crippen LogP contribution in [0.5, 0.6) is 0 Å². The van der Waals surface area contributed by atoms with Crippen LogP contribution in [0.25, 0.3) is 0 Å². The van der Waals surface area contributed by atoms with Crippen molar-refractivity contribution in [2.45, 2.75) is 31.9 Å². The van der Waals surface area contributed by atoms with E-state index in [0.29, 0.717) is 10.6 Å². The third-order valence-electron chi connectivity index (χ3n) is 3.76. The van der Waals surface area contributed by atoms with Gasteiger partial charge in [-0.15, -0.1) is 0 Å². The molecular weight excluding hydrogens is 297 g/mol. The molecule has 1 aromatic rings. The van der Waals surface area contributed by atoms with Gasteiger partial charge in [0.1, 0.15) is 0 Å². The van der Waals surface area contributed by atoms with E-state index in [1.807, 2.05) is 13.8 Å². The molecule has 1 aliphatic rings. The van der Waals surface area contributed by atoms with Gasteiger partial charge in [-0.3, -0.25) is 4.79 Å². The van der Waals surface area contributed by atoms with Crippen molar-refractivity contribution in [2.24, 2.45) is 0 Å². The second kappa shape index (κ2) is 5.64. The van der Waals surface area contributed by atoms with Crippen LogP contribution >= 0.6 is 11.6 Å². The minimum atomic E-state index is -2.35. The van der Waals surface area contributed by atoms with Gasteiger partial charge in [0.05, 0.1) is 6.54 Å². The summed E-state index contributed by atoms with van der Waals surface area (Å²) in [6, 6.07) is 4.97. The van der Waals surface area contributed by atoms with Crippen LogP contribution in [-0.4, -0.2) is 40.6 Å². The topological polar surface area (TPSA) is 57.6 Å². The van der Waals surface area contributed by atoms with E-state index in [1.54, 1.807) is 18.2 Å². The quantitative estimate of drug-likeness (QED) is 0.933. The SMILES string of the molecule is CC(C)c1ccc(C(=O)N2CCC(F)(C(=O)O)C2)cc1Cl. The molecule has 0 spiro atoms. The third kappa shape index (κ3) is 3.02. The van der Waals surface area contributed by atoms with E-state index in [1.165, 1.54) is 4.90 Å². The summed E-state index contributed by atoms with van der Waals surface area (Å²) in [6.45, 7) is 3.65. The second-order valence-corrected chi connectivity index (χ2v) is 6.05. The average molecular weight is 314 g/mol. The molecule has 4 nitrogen and oxygen atoms in total. The standard InChI is InChI=1S/C15H17ClFNO3/c1-9(2)11-4-3-10(7-12(11)16)13(19)18-6-5-15(17,8-18)14(20)21/h3-4,7,9H,5-6,8H2,1-2H3,(H,20,21). The fraction of sp³-hybridized carbons (Fsp3) is 0.467.